The van der Waals surface area contributed by atoms with Crippen molar-refractivity contribution >= 4 is 65.0 Å². The summed E-state index contributed by atoms with van der Waals surface area (Å²) in [5, 5.41) is 49.6. The summed E-state index contributed by atoms with van der Waals surface area (Å²) >= 11 is 0. The summed E-state index contributed by atoms with van der Waals surface area (Å²) in [5.41, 5.74) is 29.3. The monoisotopic (exact) mass is 1180 g/mol. The zero-order valence-corrected chi connectivity index (χ0v) is 50.1. The molecule has 1 saturated heterocycles. The number of amides is 11. The minimum atomic E-state index is -1.69. The van der Waals surface area contributed by atoms with Gasteiger partial charge >= 0.3 is 0 Å². The van der Waals surface area contributed by atoms with E-state index in [-0.39, 0.29) is 83.6 Å². The van der Waals surface area contributed by atoms with Crippen LogP contribution in [-0.4, -0.2) is 187 Å². The molecule has 0 unspecified atom stereocenters. The van der Waals surface area contributed by atoms with Crippen molar-refractivity contribution in [3.05, 3.63) is 0 Å². The topological polar surface area (TPSA) is 491 Å². The van der Waals surface area contributed by atoms with Gasteiger partial charge in [0.05, 0.1) is 12.2 Å². The Morgan fingerprint density at radius 3 is 1.52 bits per heavy atom. The zero-order valence-electron chi connectivity index (χ0n) is 50.1. The van der Waals surface area contributed by atoms with Crippen molar-refractivity contribution in [2.24, 2.45) is 46.4 Å². The van der Waals surface area contributed by atoms with Gasteiger partial charge in [-0.25, -0.2) is 0 Å². The van der Waals surface area contributed by atoms with Crippen LogP contribution >= 0.6 is 0 Å². The summed E-state index contributed by atoms with van der Waals surface area (Å²) in [6.45, 7) is 12.6. The first-order valence-corrected chi connectivity index (χ1v) is 29.4. The van der Waals surface area contributed by atoms with E-state index in [9.17, 15) is 63.0 Å². The fraction of sp³-hybridized carbons (Fsp3) is 0.796. The molecule has 0 aromatic heterocycles. The van der Waals surface area contributed by atoms with E-state index < -0.39 is 156 Å². The highest BCUT2D eigenvalue weighted by atomic mass is 16.3. The Bertz CT molecular complexity index is 2090. The molecule has 83 heavy (non-hydrogen) atoms. The van der Waals surface area contributed by atoms with Crippen LogP contribution in [0.15, 0.2) is 0 Å². The third-order valence-corrected chi connectivity index (χ3v) is 14.4. The first-order valence-electron chi connectivity index (χ1n) is 29.4. The Morgan fingerprint density at radius 1 is 0.530 bits per heavy atom. The van der Waals surface area contributed by atoms with Gasteiger partial charge in [-0.2, -0.15) is 0 Å². The lowest BCUT2D eigenvalue weighted by atomic mass is 9.96. The molecule has 29 nitrogen and oxygen atoms in total. The van der Waals surface area contributed by atoms with Gasteiger partial charge in [-0.3, -0.25) is 52.7 Å². The normalized spacial score (nSPS) is 23.6. The smallest absolute Gasteiger partial charge is 0.245 e. The van der Waals surface area contributed by atoms with Gasteiger partial charge in [0.1, 0.15) is 60.4 Å². The number of hydrogen-bond donors (Lipinski definition) is 18. The SMILES string of the molecule is CC[C@H](C)CCCCCC(=O)N[C@@H](CCN)C(=O)N[C@H](C(=O)N[C@@H](CCN)C(=O)N[C@H]1CCNC(=O)[C@@H]([C@H](C)O)NC(=O)[C@@H](CCN)NC(=O)[C@H](CCN)NC(=O)[C@H]([C@H](C)CC)NC(=O)[C@@H](CC(C)C)NC(=O)[C@@H](CCN)NC1=O)[C@H](C)O. The highest BCUT2D eigenvalue weighted by Gasteiger charge is 2.38. The molecule has 0 radical (unpaired) electrons. The summed E-state index contributed by atoms with van der Waals surface area (Å²) in [5.74, 6) is -9.76. The summed E-state index contributed by atoms with van der Waals surface area (Å²) in [7, 11) is 0. The van der Waals surface area contributed by atoms with Gasteiger partial charge in [-0.15, -0.1) is 0 Å². The fourth-order valence-corrected chi connectivity index (χ4v) is 8.91. The third kappa shape index (κ3) is 27.4. The maximum atomic E-state index is 14.4. The summed E-state index contributed by atoms with van der Waals surface area (Å²) < 4.78 is 0. The number of aliphatic hydroxyl groups is 2. The number of hydrogen-bond acceptors (Lipinski definition) is 18. The largest absolute Gasteiger partial charge is 0.391 e. The zero-order chi connectivity index (χ0) is 62.9. The lowest BCUT2D eigenvalue weighted by molar-refractivity contribution is -0.137. The number of carbonyl (C=O) groups is 11. The highest BCUT2D eigenvalue weighted by Crippen LogP contribution is 2.15. The minimum absolute atomic E-state index is 0.0120. The van der Waals surface area contributed by atoms with Crippen LogP contribution in [0.3, 0.4) is 0 Å². The molecule has 14 atom stereocenters. The van der Waals surface area contributed by atoms with E-state index in [1.54, 1.807) is 27.7 Å². The van der Waals surface area contributed by atoms with Crippen molar-refractivity contribution in [3.8, 4) is 0 Å². The summed E-state index contributed by atoms with van der Waals surface area (Å²) in [6, 6.07) is -14.5. The predicted octanol–water partition coefficient (Wildman–Crippen LogP) is -5.05. The second-order valence-corrected chi connectivity index (χ2v) is 22.0. The maximum absolute atomic E-state index is 14.4. The Hall–Kier alpha value is -6.11. The van der Waals surface area contributed by atoms with Crippen molar-refractivity contribution in [3.63, 3.8) is 0 Å². The van der Waals surface area contributed by atoms with Gasteiger partial charge in [-0.05, 0) is 116 Å². The van der Waals surface area contributed by atoms with E-state index in [1.807, 2.05) is 0 Å². The lowest BCUT2D eigenvalue weighted by Crippen LogP contribution is -2.62. The second-order valence-electron chi connectivity index (χ2n) is 22.0. The predicted molar refractivity (Wildman–Crippen MR) is 310 cm³/mol. The first kappa shape index (κ1) is 74.9. The highest BCUT2D eigenvalue weighted by molar-refractivity contribution is 5.99. The third-order valence-electron chi connectivity index (χ3n) is 14.4. The van der Waals surface area contributed by atoms with Crippen LogP contribution in [-0.2, 0) is 52.7 Å². The van der Waals surface area contributed by atoms with Crippen molar-refractivity contribution < 1.29 is 63.0 Å². The Kier molecular flexibility index (Phi) is 36.3. The van der Waals surface area contributed by atoms with E-state index in [0.717, 1.165) is 25.7 Å². The van der Waals surface area contributed by atoms with Crippen LogP contribution in [0.5, 0.6) is 0 Å². The van der Waals surface area contributed by atoms with E-state index >= 15 is 0 Å². The van der Waals surface area contributed by atoms with E-state index in [2.05, 4.69) is 72.3 Å². The number of unbranched alkanes of at least 4 members (excludes halogenated alkanes) is 2. The van der Waals surface area contributed by atoms with E-state index in [4.69, 9.17) is 28.7 Å². The Balaban J connectivity index is 3.79. The molecule has 1 aliphatic heterocycles. The number of rotatable bonds is 30. The Labute approximate surface area is 488 Å². The summed E-state index contributed by atoms with van der Waals surface area (Å²) in [4.78, 5) is 153. The van der Waals surface area contributed by atoms with E-state index in [1.165, 1.54) is 13.8 Å². The molecule has 1 rings (SSSR count). The summed E-state index contributed by atoms with van der Waals surface area (Å²) in [6.07, 6.45) is 0.643. The van der Waals surface area contributed by atoms with Crippen LogP contribution in [0, 0.1) is 17.8 Å². The van der Waals surface area contributed by atoms with Gasteiger partial charge in [0.15, 0.2) is 0 Å². The molecule has 0 spiro atoms. The van der Waals surface area contributed by atoms with Crippen molar-refractivity contribution in [2.45, 2.75) is 218 Å². The Morgan fingerprint density at radius 2 is 1.02 bits per heavy atom. The molecule has 0 aliphatic carbocycles. The number of carbonyl (C=O) groups excluding carboxylic acids is 11. The van der Waals surface area contributed by atoms with Crippen molar-refractivity contribution in [1.29, 1.82) is 0 Å². The number of nitrogens with two attached hydrogens (primary N) is 5. The van der Waals surface area contributed by atoms with Crippen LogP contribution in [0.25, 0.3) is 0 Å². The molecule has 0 saturated carbocycles. The van der Waals surface area contributed by atoms with Crippen LogP contribution in [0.1, 0.15) is 145 Å². The van der Waals surface area contributed by atoms with Crippen molar-refractivity contribution in [2.75, 3.05) is 39.3 Å². The van der Waals surface area contributed by atoms with Gasteiger partial charge in [0.25, 0.3) is 0 Å². The average molecular weight is 1180 g/mol. The molecule has 23 N–H and O–H groups in total. The fourth-order valence-electron chi connectivity index (χ4n) is 8.91. The van der Waals surface area contributed by atoms with Gasteiger partial charge in [0.2, 0.25) is 65.0 Å². The minimum Gasteiger partial charge on any atom is -0.391 e. The molecule has 1 heterocycles. The van der Waals surface area contributed by atoms with Gasteiger partial charge in [0, 0.05) is 13.0 Å². The molecular formula is C54H102N16O13. The molecule has 11 amide bonds. The molecule has 0 aromatic rings. The molecule has 29 heteroatoms. The molecule has 1 fully saturated rings. The molecular weight excluding hydrogens is 1080 g/mol. The molecule has 0 aromatic carbocycles. The standard InChI is InChI=1S/C54H102N16O13/c1-9-30(5)14-12-11-13-15-41(73)61-34(16-22-55)49(78)70-44(33(8)72)54(83)66-37(19-25-58)46(75)64-39-21-27-60-52(81)43(32(7)71)69-50(79)38(20-26-59)63-45(74)36(18-24-57)65-53(82)42(31(6)10-2)68-51(80)40(28-29(3)4)67-47(76)35(17-23-56)62-48(39)77/h29-40,42-44,71-72H,9-28,55-59H2,1-8H3,(H,60,81)(H,61,73)(H,62,77)(H,63,74)(H,64,75)(H,65,82)(H,66,83)(H,67,76)(H,68,80)(H,69,79)(H,70,78)/t30-,31+,32-,33-,34-,35+,36-,37-,38+,39-,40+,42-,43+,44-/m0/s1. The van der Waals surface area contributed by atoms with Crippen LogP contribution in [0.2, 0.25) is 0 Å². The van der Waals surface area contributed by atoms with Gasteiger partial charge < -0.3 is 97.4 Å². The molecule has 1 aliphatic rings. The quantitative estimate of drug-likeness (QED) is 0.0299. The average Bonchev–Trinajstić information content (AvgIpc) is 3.49. The number of nitrogens with one attached hydrogen (secondary N) is 11. The van der Waals surface area contributed by atoms with Crippen molar-refractivity contribution in [1.82, 2.24) is 58.5 Å². The van der Waals surface area contributed by atoms with Crippen LogP contribution < -0.4 is 87.2 Å². The lowest BCUT2D eigenvalue weighted by Gasteiger charge is -2.30. The molecule has 0 bridgehead atoms. The number of aliphatic hydroxyl groups excluding tert-OH is 2. The van der Waals surface area contributed by atoms with Crippen LogP contribution in [0.4, 0.5) is 0 Å². The maximum Gasteiger partial charge on any atom is 0.245 e. The van der Waals surface area contributed by atoms with E-state index in [0.29, 0.717) is 18.8 Å². The second kappa shape index (κ2) is 40.2. The van der Waals surface area contributed by atoms with Gasteiger partial charge in [-0.1, -0.05) is 73.6 Å². The first-order chi connectivity index (χ1) is 39.2. The molecule has 476 valence electrons.